The van der Waals surface area contributed by atoms with Crippen LogP contribution >= 0.6 is 15.9 Å². The molecule has 3 unspecified atom stereocenters. The number of hydrogen-bond acceptors (Lipinski definition) is 1. The second-order valence-corrected chi connectivity index (χ2v) is 7.63. The highest BCUT2D eigenvalue weighted by atomic mass is 79.9. The summed E-state index contributed by atoms with van der Waals surface area (Å²) >= 11 is 3.98. The fourth-order valence-corrected chi connectivity index (χ4v) is 5.19. The van der Waals surface area contributed by atoms with Crippen LogP contribution in [0.5, 0.6) is 0 Å². The lowest BCUT2D eigenvalue weighted by molar-refractivity contribution is -0.150. The molecule has 0 bridgehead atoms. The Kier molecular flexibility index (Phi) is 3.82. The van der Waals surface area contributed by atoms with Gasteiger partial charge in [-0.2, -0.15) is 0 Å². The molecule has 98 valence electrons. The summed E-state index contributed by atoms with van der Waals surface area (Å²) in [6.45, 7) is 1.03. The van der Waals surface area contributed by atoms with Gasteiger partial charge in [-0.1, -0.05) is 35.2 Å². The highest BCUT2D eigenvalue weighted by molar-refractivity contribution is 9.09. The van der Waals surface area contributed by atoms with Gasteiger partial charge in [0, 0.05) is 11.4 Å². The van der Waals surface area contributed by atoms with Crippen molar-refractivity contribution >= 4 is 15.9 Å². The maximum Gasteiger partial charge on any atom is 0.0685 e. The van der Waals surface area contributed by atoms with Crippen LogP contribution in [0.15, 0.2) is 0 Å². The van der Waals surface area contributed by atoms with Crippen LogP contribution in [0.25, 0.3) is 0 Å². The van der Waals surface area contributed by atoms with Crippen LogP contribution in [0.4, 0.5) is 0 Å². The lowest BCUT2D eigenvalue weighted by Gasteiger charge is -2.49. The zero-order valence-corrected chi connectivity index (χ0v) is 12.4. The average Bonchev–Trinajstić information content (AvgIpc) is 2.52. The molecule has 3 fully saturated rings. The molecule has 17 heavy (non-hydrogen) atoms. The van der Waals surface area contributed by atoms with Crippen LogP contribution < -0.4 is 0 Å². The first-order chi connectivity index (χ1) is 8.29. The van der Waals surface area contributed by atoms with E-state index in [0.29, 0.717) is 5.60 Å². The summed E-state index contributed by atoms with van der Waals surface area (Å²) in [6, 6.07) is 0. The molecule has 0 aromatic carbocycles. The Morgan fingerprint density at radius 2 is 1.76 bits per heavy atom. The smallest absolute Gasteiger partial charge is 0.0685 e. The third-order valence-electron chi connectivity index (χ3n) is 5.38. The minimum atomic E-state index is 0.335. The molecule has 3 aliphatic rings. The number of halogens is 1. The standard InChI is InChI=1S/C15H25BrO/c16-14-6-3-1-2-5-13(14)12-7-10-17-15(11-12)8-4-9-15/h12-14H,1-11H2. The number of rotatable bonds is 1. The van der Waals surface area contributed by atoms with Gasteiger partial charge in [0.05, 0.1) is 5.60 Å². The molecule has 2 aliphatic carbocycles. The van der Waals surface area contributed by atoms with E-state index in [9.17, 15) is 0 Å². The highest BCUT2D eigenvalue weighted by Crippen LogP contribution is 2.48. The third-order valence-corrected chi connectivity index (χ3v) is 6.52. The maximum absolute atomic E-state index is 6.07. The molecule has 1 saturated heterocycles. The predicted octanol–water partition coefficient (Wildman–Crippen LogP) is 4.68. The van der Waals surface area contributed by atoms with Crippen molar-refractivity contribution in [3.8, 4) is 0 Å². The van der Waals surface area contributed by atoms with Gasteiger partial charge in [-0.05, 0) is 56.8 Å². The number of hydrogen-bond donors (Lipinski definition) is 0. The first kappa shape index (κ1) is 12.5. The number of ether oxygens (including phenoxy) is 1. The Morgan fingerprint density at radius 1 is 0.941 bits per heavy atom. The minimum Gasteiger partial charge on any atom is -0.375 e. The van der Waals surface area contributed by atoms with E-state index in [4.69, 9.17) is 4.74 Å². The summed E-state index contributed by atoms with van der Waals surface area (Å²) in [5, 5.41) is 0. The summed E-state index contributed by atoms with van der Waals surface area (Å²) in [4.78, 5) is 0.783. The Hall–Kier alpha value is 0.440. The SMILES string of the molecule is BrC1CCCCCC1C1CCOC2(CCC2)C1. The molecule has 1 aliphatic heterocycles. The van der Waals surface area contributed by atoms with Crippen LogP contribution in [0.2, 0.25) is 0 Å². The Bertz CT molecular complexity index is 262. The van der Waals surface area contributed by atoms with Gasteiger partial charge >= 0.3 is 0 Å². The van der Waals surface area contributed by atoms with E-state index in [-0.39, 0.29) is 0 Å². The quantitative estimate of drug-likeness (QED) is 0.505. The second-order valence-electron chi connectivity index (χ2n) is 6.46. The predicted molar refractivity (Wildman–Crippen MR) is 74.5 cm³/mol. The normalized spacial score (nSPS) is 41.8. The van der Waals surface area contributed by atoms with Crippen LogP contribution in [-0.4, -0.2) is 17.0 Å². The maximum atomic E-state index is 6.07. The first-order valence-electron chi connectivity index (χ1n) is 7.57. The van der Waals surface area contributed by atoms with Crippen molar-refractivity contribution in [3.63, 3.8) is 0 Å². The molecule has 2 saturated carbocycles. The van der Waals surface area contributed by atoms with Crippen LogP contribution in [0.1, 0.15) is 64.2 Å². The van der Waals surface area contributed by atoms with E-state index in [2.05, 4.69) is 15.9 Å². The molecule has 0 radical (unpaired) electrons. The van der Waals surface area contributed by atoms with Crippen molar-refractivity contribution in [3.05, 3.63) is 0 Å². The van der Waals surface area contributed by atoms with E-state index < -0.39 is 0 Å². The highest BCUT2D eigenvalue weighted by Gasteiger charge is 2.45. The molecule has 0 amide bonds. The van der Waals surface area contributed by atoms with Gasteiger partial charge in [-0.15, -0.1) is 0 Å². The Balaban J connectivity index is 1.65. The zero-order chi connectivity index (χ0) is 11.7. The Morgan fingerprint density at radius 3 is 2.53 bits per heavy atom. The van der Waals surface area contributed by atoms with Gasteiger partial charge in [0.15, 0.2) is 0 Å². The molecule has 1 nitrogen and oxygen atoms in total. The van der Waals surface area contributed by atoms with Gasteiger partial charge < -0.3 is 4.74 Å². The van der Waals surface area contributed by atoms with E-state index in [1.54, 1.807) is 0 Å². The Labute approximate surface area is 114 Å². The molecule has 0 aromatic heterocycles. The van der Waals surface area contributed by atoms with E-state index in [1.165, 1.54) is 64.2 Å². The van der Waals surface area contributed by atoms with E-state index in [1.807, 2.05) is 0 Å². The van der Waals surface area contributed by atoms with Gasteiger partial charge in [-0.3, -0.25) is 0 Å². The summed E-state index contributed by atoms with van der Waals surface area (Å²) in [5.74, 6) is 1.87. The first-order valence-corrected chi connectivity index (χ1v) is 8.49. The molecular formula is C15H25BrO. The average molecular weight is 301 g/mol. The number of alkyl halides is 1. The largest absolute Gasteiger partial charge is 0.375 e. The van der Waals surface area contributed by atoms with Crippen molar-refractivity contribution in [1.29, 1.82) is 0 Å². The fraction of sp³-hybridized carbons (Fsp3) is 1.00. The van der Waals surface area contributed by atoms with E-state index >= 15 is 0 Å². The van der Waals surface area contributed by atoms with Crippen molar-refractivity contribution in [2.45, 2.75) is 74.6 Å². The van der Waals surface area contributed by atoms with Crippen molar-refractivity contribution in [2.75, 3.05) is 6.61 Å². The molecule has 0 N–H and O–H groups in total. The van der Waals surface area contributed by atoms with Gasteiger partial charge in [-0.25, -0.2) is 0 Å². The third kappa shape index (κ3) is 2.58. The minimum absolute atomic E-state index is 0.335. The van der Waals surface area contributed by atoms with Crippen molar-refractivity contribution in [1.82, 2.24) is 0 Å². The van der Waals surface area contributed by atoms with Gasteiger partial charge in [0.1, 0.15) is 0 Å². The van der Waals surface area contributed by atoms with Crippen LogP contribution in [0, 0.1) is 11.8 Å². The molecule has 1 spiro atoms. The molecular weight excluding hydrogens is 276 g/mol. The summed E-state index contributed by atoms with van der Waals surface area (Å²) in [7, 11) is 0. The lowest BCUT2D eigenvalue weighted by Crippen LogP contribution is -2.47. The molecule has 0 aromatic rings. The van der Waals surface area contributed by atoms with Crippen LogP contribution in [0.3, 0.4) is 0 Å². The van der Waals surface area contributed by atoms with Crippen molar-refractivity contribution < 1.29 is 4.74 Å². The van der Waals surface area contributed by atoms with Gasteiger partial charge in [0.2, 0.25) is 0 Å². The van der Waals surface area contributed by atoms with Crippen LogP contribution in [-0.2, 0) is 4.74 Å². The van der Waals surface area contributed by atoms with Crippen molar-refractivity contribution in [2.24, 2.45) is 11.8 Å². The summed E-state index contributed by atoms with van der Waals surface area (Å²) in [6.07, 6.45) is 13.9. The molecule has 2 heteroatoms. The lowest BCUT2D eigenvalue weighted by atomic mass is 9.68. The van der Waals surface area contributed by atoms with Gasteiger partial charge in [0.25, 0.3) is 0 Å². The van der Waals surface area contributed by atoms with E-state index in [0.717, 1.165) is 23.3 Å². The fourth-order valence-electron chi connectivity index (χ4n) is 4.17. The zero-order valence-electron chi connectivity index (χ0n) is 10.8. The molecule has 1 heterocycles. The monoisotopic (exact) mass is 300 g/mol. The summed E-state index contributed by atoms with van der Waals surface area (Å²) < 4.78 is 6.07. The summed E-state index contributed by atoms with van der Waals surface area (Å²) in [5.41, 5.74) is 0.335. The second kappa shape index (κ2) is 5.21. The molecule has 3 atom stereocenters. The topological polar surface area (TPSA) is 9.23 Å². The molecule has 3 rings (SSSR count).